The molecule has 1 N–H and O–H groups in total. The van der Waals surface area contributed by atoms with E-state index in [1.807, 2.05) is 24.3 Å². The number of benzene rings is 1. The van der Waals surface area contributed by atoms with Crippen LogP contribution < -0.4 is 5.32 Å². The van der Waals surface area contributed by atoms with Crippen molar-refractivity contribution in [2.75, 3.05) is 7.11 Å². The smallest absolute Gasteiger partial charge is 0.308 e. The van der Waals surface area contributed by atoms with Crippen molar-refractivity contribution in [3.63, 3.8) is 0 Å². The zero-order chi connectivity index (χ0) is 14.5. The molecule has 108 valence electrons. The van der Waals surface area contributed by atoms with Crippen molar-refractivity contribution in [3.8, 4) is 0 Å². The summed E-state index contributed by atoms with van der Waals surface area (Å²) in [5.41, 5.74) is 0.972. The molecule has 0 aromatic heterocycles. The molecule has 1 amide bonds. The zero-order valence-corrected chi connectivity index (χ0v) is 13.0. The predicted octanol–water partition coefficient (Wildman–Crippen LogP) is 2.45. The third-order valence-corrected chi connectivity index (χ3v) is 4.08. The third kappa shape index (κ3) is 4.07. The topological polar surface area (TPSA) is 55.4 Å². The summed E-state index contributed by atoms with van der Waals surface area (Å²) in [4.78, 5) is 23.4. The van der Waals surface area contributed by atoms with Gasteiger partial charge in [0.15, 0.2) is 0 Å². The Labute approximate surface area is 127 Å². The second-order valence-corrected chi connectivity index (χ2v) is 6.02. The average Bonchev–Trinajstić information content (AvgIpc) is 2.86. The largest absolute Gasteiger partial charge is 0.469 e. The summed E-state index contributed by atoms with van der Waals surface area (Å²) in [6.45, 7) is 0. The van der Waals surface area contributed by atoms with Crippen molar-refractivity contribution in [1.29, 1.82) is 0 Å². The summed E-state index contributed by atoms with van der Waals surface area (Å²) >= 11 is 3.39. The molecule has 0 heterocycles. The molecule has 1 fully saturated rings. The number of hydrogen-bond donors (Lipinski definition) is 1. The van der Waals surface area contributed by atoms with Crippen LogP contribution >= 0.6 is 15.9 Å². The van der Waals surface area contributed by atoms with Gasteiger partial charge < -0.3 is 10.1 Å². The van der Waals surface area contributed by atoms with Crippen LogP contribution in [0.4, 0.5) is 0 Å². The first-order valence-electron chi connectivity index (χ1n) is 6.70. The minimum Gasteiger partial charge on any atom is -0.469 e. The van der Waals surface area contributed by atoms with Crippen molar-refractivity contribution in [2.24, 2.45) is 5.92 Å². The molecule has 2 rings (SSSR count). The Balaban J connectivity index is 1.82. The molecule has 1 aliphatic carbocycles. The molecule has 0 spiro atoms. The maximum Gasteiger partial charge on any atom is 0.308 e. The van der Waals surface area contributed by atoms with Gasteiger partial charge in [-0.3, -0.25) is 9.59 Å². The monoisotopic (exact) mass is 339 g/mol. The van der Waals surface area contributed by atoms with Gasteiger partial charge in [0.25, 0.3) is 0 Å². The molecule has 0 unspecified atom stereocenters. The number of nitrogens with one attached hydrogen (secondary N) is 1. The van der Waals surface area contributed by atoms with Crippen LogP contribution in [0.3, 0.4) is 0 Å². The van der Waals surface area contributed by atoms with Crippen LogP contribution in [0.25, 0.3) is 0 Å². The van der Waals surface area contributed by atoms with E-state index in [-0.39, 0.29) is 23.8 Å². The predicted molar refractivity (Wildman–Crippen MR) is 79.1 cm³/mol. The van der Waals surface area contributed by atoms with E-state index in [1.165, 1.54) is 7.11 Å². The highest BCUT2D eigenvalue weighted by molar-refractivity contribution is 9.10. The highest BCUT2D eigenvalue weighted by atomic mass is 79.9. The third-order valence-electron chi connectivity index (χ3n) is 3.59. The van der Waals surface area contributed by atoms with E-state index < -0.39 is 0 Å². The van der Waals surface area contributed by atoms with Crippen LogP contribution in [-0.4, -0.2) is 25.0 Å². The van der Waals surface area contributed by atoms with Crippen molar-refractivity contribution < 1.29 is 14.3 Å². The summed E-state index contributed by atoms with van der Waals surface area (Å²) in [5.74, 6) is -0.247. The standard InChI is InChI=1S/C15H18BrNO3/c1-20-15(19)11-5-6-13(9-11)17-14(18)8-10-3-2-4-12(16)7-10/h2-4,7,11,13H,5-6,8-9H2,1H3,(H,17,18)/t11-,13+/m0/s1. The maximum absolute atomic E-state index is 12.0. The van der Waals surface area contributed by atoms with E-state index in [0.717, 1.165) is 22.9 Å². The van der Waals surface area contributed by atoms with Crippen LogP contribution in [0, 0.1) is 5.92 Å². The fraction of sp³-hybridized carbons (Fsp3) is 0.467. The molecule has 4 nitrogen and oxygen atoms in total. The van der Waals surface area contributed by atoms with Crippen molar-refractivity contribution in [3.05, 3.63) is 34.3 Å². The van der Waals surface area contributed by atoms with Gasteiger partial charge in [-0.2, -0.15) is 0 Å². The highest BCUT2D eigenvalue weighted by Gasteiger charge is 2.31. The second-order valence-electron chi connectivity index (χ2n) is 5.10. The van der Waals surface area contributed by atoms with Crippen molar-refractivity contribution >= 4 is 27.8 Å². The first-order valence-corrected chi connectivity index (χ1v) is 7.49. The van der Waals surface area contributed by atoms with Gasteiger partial charge >= 0.3 is 5.97 Å². The lowest BCUT2D eigenvalue weighted by Crippen LogP contribution is -2.34. The van der Waals surface area contributed by atoms with E-state index >= 15 is 0 Å². The Kier molecular flexibility index (Phi) is 5.17. The number of carbonyl (C=O) groups is 2. The number of halogens is 1. The van der Waals surface area contributed by atoms with Gasteiger partial charge in [-0.05, 0) is 37.0 Å². The number of amides is 1. The van der Waals surface area contributed by atoms with Gasteiger partial charge in [0.2, 0.25) is 5.91 Å². The lowest BCUT2D eigenvalue weighted by atomic mass is 10.1. The number of esters is 1. The van der Waals surface area contributed by atoms with Gasteiger partial charge in [-0.25, -0.2) is 0 Å². The molecule has 1 saturated carbocycles. The molecule has 20 heavy (non-hydrogen) atoms. The summed E-state index contributed by atoms with van der Waals surface area (Å²) in [7, 11) is 1.40. The number of carbonyl (C=O) groups excluding carboxylic acids is 2. The Morgan fingerprint density at radius 3 is 2.90 bits per heavy atom. The summed E-state index contributed by atoms with van der Waals surface area (Å²) < 4.78 is 5.71. The summed E-state index contributed by atoms with van der Waals surface area (Å²) in [6, 6.07) is 7.79. The molecule has 1 aromatic rings. The fourth-order valence-electron chi connectivity index (χ4n) is 2.60. The molecule has 0 saturated heterocycles. The normalized spacial score (nSPS) is 21.5. The van der Waals surface area contributed by atoms with Gasteiger partial charge in [-0.1, -0.05) is 28.1 Å². The average molecular weight is 340 g/mol. The molecule has 0 radical (unpaired) electrons. The van der Waals surface area contributed by atoms with Gasteiger partial charge in [0, 0.05) is 10.5 Å². The first-order chi connectivity index (χ1) is 9.58. The van der Waals surface area contributed by atoms with Crippen LogP contribution in [0.5, 0.6) is 0 Å². The zero-order valence-electron chi connectivity index (χ0n) is 11.4. The van der Waals surface area contributed by atoms with E-state index in [9.17, 15) is 9.59 Å². The van der Waals surface area contributed by atoms with E-state index in [2.05, 4.69) is 21.2 Å². The fourth-order valence-corrected chi connectivity index (χ4v) is 3.05. The number of methoxy groups -OCH3 is 1. The Hall–Kier alpha value is -1.36. The molecule has 1 aliphatic rings. The molecule has 0 aliphatic heterocycles. The lowest BCUT2D eigenvalue weighted by molar-refractivity contribution is -0.145. The van der Waals surface area contributed by atoms with Crippen molar-refractivity contribution in [2.45, 2.75) is 31.7 Å². The lowest BCUT2D eigenvalue weighted by Gasteiger charge is -2.13. The maximum atomic E-state index is 12.0. The Morgan fingerprint density at radius 1 is 1.40 bits per heavy atom. The molecule has 2 atom stereocenters. The van der Waals surface area contributed by atoms with E-state index in [4.69, 9.17) is 4.74 Å². The quantitative estimate of drug-likeness (QED) is 0.857. The highest BCUT2D eigenvalue weighted by Crippen LogP contribution is 2.26. The molecular formula is C15H18BrNO3. The van der Waals surface area contributed by atoms with Gasteiger partial charge in [0.1, 0.15) is 0 Å². The number of ether oxygens (including phenoxy) is 1. The van der Waals surface area contributed by atoms with Crippen LogP contribution in [0.1, 0.15) is 24.8 Å². The molecular weight excluding hydrogens is 322 g/mol. The number of hydrogen-bond acceptors (Lipinski definition) is 3. The first kappa shape index (κ1) is 15.0. The van der Waals surface area contributed by atoms with E-state index in [0.29, 0.717) is 12.8 Å². The Morgan fingerprint density at radius 2 is 2.20 bits per heavy atom. The molecule has 1 aromatic carbocycles. The SMILES string of the molecule is COC(=O)[C@H]1CC[C@@H](NC(=O)Cc2cccc(Br)c2)C1. The van der Waals surface area contributed by atoms with Gasteiger partial charge in [-0.15, -0.1) is 0 Å². The second kappa shape index (κ2) is 6.88. The summed E-state index contributed by atoms with van der Waals surface area (Å²) in [6.07, 6.45) is 2.66. The van der Waals surface area contributed by atoms with Crippen LogP contribution in [0.15, 0.2) is 28.7 Å². The minimum absolute atomic E-state index is 0.00128. The van der Waals surface area contributed by atoms with Crippen LogP contribution in [-0.2, 0) is 20.7 Å². The molecule has 0 bridgehead atoms. The summed E-state index contributed by atoms with van der Waals surface area (Å²) in [5, 5.41) is 2.99. The Bertz CT molecular complexity index is 504. The number of rotatable bonds is 4. The van der Waals surface area contributed by atoms with Gasteiger partial charge in [0.05, 0.1) is 19.4 Å². The molecule has 5 heteroatoms. The minimum atomic E-state index is -0.172. The van der Waals surface area contributed by atoms with Crippen LogP contribution in [0.2, 0.25) is 0 Å². The van der Waals surface area contributed by atoms with Crippen molar-refractivity contribution in [1.82, 2.24) is 5.32 Å². The van der Waals surface area contributed by atoms with E-state index in [1.54, 1.807) is 0 Å².